The van der Waals surface area contributed by atoms with Crippen LogP contribution in [0, 0.1) is 11.8 Å². The molecule has 0 aromatic carbocycles. The Labute approximate surface area is 188 Å². The molecule has 2 bridgehead atoms. The van der Waals surface area contributed by atoms with Crippen LogP contribution < -0.4 is 0 Å². The first-order chi connectivity index (χ1) is 12.3. The van der Waals surface area contributed by atoms with Crippen LogP contribution in [0.1, 0.15) is 40.5 Å². The van der Waals surface area contributed by atoms with Crippen LogP contribution >= 0.6 is 69.6 Å². The van der Waals surface area contributed by atoms with E-state index < -0.39 is 50.1 Å². The first-order valence-electron chi connectivity index (χ1n) is 8.55. The number of fused-ring (bicyclic) bond motifs is 2. The van der Waals surface area contributed by atoms with Crippen molar-refractivity contribution in [1.29, 1.82) is 0 Å². The van der Waals surface area contributed by atoms with Gasteiger partial charge in [0.15, 0.2) is 4.33 Å². The number of ether oxygens (including phenoxy) is 2. The molecule has 0 N–H and O–H groups in total. The quantitative estimate of drug-likeness (QED) is 0.344. The number of esters is 2. The Morgan fingerprint density at radius 2 is 1.15 bits per heavy atom. The fourth-order valence-electron chi connectivity index (χ4n) is 3.29. The standard InChI is InChI=1S/C17H20Cl6O4/c1-5-7(3)26-13(24)9-10(14(25)27-8(4)6-2)16(21)12(19)11(18)15(9,20)17(16,22)23/h7-10H,5-6H2,1-4H3. The third-order valence-corrected chi connectivity index (χ3v) is 9.49. The molecule has 2 rings (SSSR count). The van der Waals surface area contributed by atoms with Gasteiger partial charge in [-0.05, 0) is 26.7 Å². The van der Waals surface area contributed by atoms with E-state index in [2.05, 4.69) is 0 Å². The summed E-state index contributed by atoms with van der Waals surface area (Å²) >= 11 is 39.0. The molecule has 0 aromatic rings. The number of hydrogen-bond acceptors (Lipinski definition) is 4. The minimum absolute atomic E-state index is 0.176. The average molecular weight is 501 g/mol. The van der Waals surface area contributed by atoms with Gasteiger partial charge in [0, 0.05) is 0 Å². The Bertz CT molecular complexity index is 626. The van der Waals surface area contributed by atoms with Crippen molar-refractivity contribution in [2.75, 3.05) is 0 Å². The Kier molecular flexibility index (Phi) is 6.95. The molecule has 0 aliphatic heterocycles. The van der Waals surface area contributed by atoms with Crippen molar-refractivity contribution >= 4 is 81.5 Å². The zero-order chi connectivity index (χ0) is 20.9. The molecular formula is C17H20Cl6O4. The highest BCUT2D eigenvalue weighted by Crippen LogP contribution is 2.76. The van der Waals surface area contributed by atoms with E-state index in [-0.39, 0.29) is 10.1 Å². The fraction of sp³-hybridized carbons (Fsp3) is 0.765. The molecule has 1 fully saturated rings. The second-order valence-corrected chi connectivity index (χ2v) is 10.2. The molecule has 0 heterocycles. The number of halogens is 6. The summed E-state index contributed by atoms with van der Waals surface area (Å²) in [5.74, 6) is -4.32. The summed E-state index contributed by atoms with van der Waals surface area (Å²) in [7, 11) is 0. The predicted octanol–water partition coefficient (Wildman–Crippen LogP) is 5.75. The van der Waals surface area contributed by atoms with Gasteiger partial charge in [0.2, 0.25) is 0 Å². The second-order valence-electron chi connectivity index (χ2n) is 6.89. The van der Waals surface area contributed by atoms with E-state index in [1.165, 1.54) is 0 Å². The van der Waals surface area contributed by atoms with Gasteiger partial charge in [0.25, 0.3) is 0 Å². The Hall–Kier alpha value is 0.420. The number of allylic oxidation sites excluding steroid dienone is 2. The summed E-state index contributed by atoms with van der Waals surface area (Å²) in [5.41, 5.74) is 0. The summed E-state index contributed by atoms with van der Waals surface area (Å²) in [6, 6.07) is 0. The molecule has 2 aliphatic carbocycles. The summed E-state index contributed by atoms with van der Waals surface area (Å²) < 4.78 is 8.76. The van der Waals surface area contributed by atoms with Gasteiger partial charge in [-0.15, -0.1) is 23.2 Å². The summed E-state index contributed by atoms with van der Waals surface area (Å²) in [6.07, 6.45) is 0.262. The maximum Gasteiger partial charge on any atom is 0.312 e. The van der Waals surface area contributed by atoms with Crippen LogP contribution in [0.25, 0.3) is 0 Å². The van der Waals surface area contributed by atoms with Crippen LogP contribution in [-0.4, -0.2) is 38.2 Å². The zero-order valence-corrected chi connectivity index (χ0v) is 19.7. The highest BCUT2D eigenvalue weighted by atomic mass is 35.5. The highest BCUT2D eigenvalue weighted by molar-refractivity contribution is 6.66. The number of carbonyl (C=O) groups excluding carboxylic acids is 2. The highest BCUT2D eigenvalue weighted by Gasteiger charge is 2.86. The third-order valence-electron chi connectivity index (χ3n) is 5.23. The largest absolute Gasteiger partial charge is 0.462 e. The topological polar surface area (TPSA) is 52.6 Å². The van der Waals surface area contributed by atoms with Crippen LogP contribution in [0.3, 0.4) is 0 Å². The molecule has 27 heavy (non-hydrogen) atoms. The molecule has 0 radical (unpaired) electrons. The number of carbonyl (C=O) groups is 2. The van der Waals surface area contributed by atoms with Gasteiger partial charge in [-0.25, -0.2) is 0 Å². The lowest BCUT2D eigenvalue weighted by Gasteiger charge is -2.34. The Morgan fingerprint density at radius 3 is 1.41 bits per heavy atom. The van der Waals surface area contributed by atoms with Crippen molar-refractivity contribution in [2.45, 2.75) is 66.8 Å². The van der Waals surface area contributed by atoms with E-state index in [4.69, 9.17) is 79.1 Å². The first-order valence-corrected chi connectivity index (χ1v) is 10.8. The average Bonchev–Trinajstić information content (AvgIpc) is 2.81. The molecule has 2 aliphatic rings. The molecule has 10 heteroatoms. The summed E-state index contributed by atoms with van der Waals surface area (Å²) in [5, 5.41) is -0.353. The smallest absolute Gasteiger partial charge is 0.312 e. The van der Waals surface area contributed by atoms with Crippen molar-refractivity contribution in [3.05, 3.63) is 10.1 Å². The monoisotopic (exact) mass is 498 g/mol. The number of hydrogen-bond donors (Lipinski definition) is 0. The van der Waals surface area contributed by atoms with Crippen molar-refractivity contribution in [3.63, 3.8) is 0 Å². The molecule has 0 saturated heterocycles. The van der Waals surface area contributed by atoms with Gasteiger partial charge < -0.3 is 9.47 Å². The van der Waals surface area contributed by atoms with Crippen LogP contribution in [0.15, 0.2) is 10.1 Å². The minimum atomic E-state index is -2.05. The van der Waals surface area contributed by atoms with Gasteiger partial charge >= 0.3 is 11.9 Å². The predicted molar refractivity (Wildman–Crippen MR) is 109 cm³/mol. The Balaban J connectivity index is 2.60. The minimum Gasteiger partial charge on any atom is -0.462 e. The lowest BCUT2D eigenvalue weighted by atomic mass is 9.81. The van der Waals surface area contributed by atoms with E-state index in [1.807, 2.05) is 13.8 Å². The van der Waals surface area contributed by atoms with Gasteiger partial charge in [0.1, 0.15) is 9.75 Å². The first kappa shape index (κ1) is 23.7. The molecule has 154 valence electrons. The second kappa shape index (κ2) is 7.92. The molecule has 0 amide bonds. The van der Waals surface area contributed by atoms with Gasteiger partial charge in [-0.2, -0.15) is 0 Å². The molecule has 0 aromatic heterocycles. The number of alkyl halides is 4. The van der Waals surface area contributed by atoms with Gasteiger partial charge in [0.05, 0.1) is 34.1 Å². The molecule has 6 unspecified atom stereocenters. The van der Waals surface area contributed by atoms with E-state index in [1.54, 1.807) is 13.8 Å². The number of rotatable bonds is 6. The van der Waals surface area contributed by atoms with Crippen molar-refractivity contribution in [1.82, 2.24) is 0 Å². The van der Waals surface area contributed by atoms with Crippen molar-refractivity contribution in [2.24, 2.45) is 11.8 Å². The van der Waals surface area contributed by atoms with Crippen LogP contribution in [0.5, 0.6) is 0 Å². The SMILES string of the molecule is CCC(C)OC(=O)C1C(C(=O)OC(C)CC)C2(Cl)C(Cl)=C(Cl)C1(Cl)C2(Cl)Cl. The fourth-order valence-corrected chi connectivity index (χ4v) is 6.21. The van der Waals surface area contributed by atoms with Crippen molar-refractivity contribution < 1.29 is 19.1 Å². The molecule has 4 nitrogen and oxygen atoms in total. The molecule has 6 atom stereocenters. The molecule has 1 saturated carbocycles. The van der Waals surface area contributed by atoms with E-state index in [0.717, 1.165) is 0 Å². The lowest BCUT2D eigenvalue weighted by Crippen LogP contribution is -2.47. The zero-order valence-electron chi connectivity index (χ0n) is 15.1. The molecular weight excluding hydrogens is 481 g/mol. The maximum atomic E-state index is 12.9. The van der Waals surface area contributed by atoms with E-state index in [0.29, 0.717) is 12.8 Å². The molecule has 0 spiro atoms. The normalized spacial score (nSPS) is 36.5. The summed E-state index contributed by atoms with van der Waals surface area (Å²) in [4.78, 5) is 22.0. The van der Waals surface area contributed by atoms with Crippen LogP contribution in [-0.2, 0) is 19.1 Å². The van der Waals surface area contributed by atoms with E-state index in [9.17, 15) is 9.59 Å². The maximum absolute atomic E-state index is 12.9. The van der Waals surface area contributed by atoms with Crippen LogP contribution in [0.4, 0.5) is 0 Å². The van der Waals surface area contributed by atoms with Crippen molar-refractivity contribution in [3.8, 4) is 0 Å². The van der Waals surface area contributed by atoms with Gasteiger partial charge in [-0.3, -0.25) is 9.59 Å². The van der Waals surface area contributed by atoms with E-state index >= 15 is 0 Å². The lowest BCUT2D eigenvalue weighted by molar-refractivity contribution is -0.166. The summed E-state index contributed by atoms with van der Waals surface area (Å²) in [6.45, 7) is 7.08. The van der Waals surface area contributed by atoms with Crippen LogP contribution in [0.2, 0.25) is 0 Å². The third kappa shape index (κ3) is 3.18. The Morgan fingerprint density at radius 1 is 0.852 bits per heavy atom. The van der Waals surface area contributed by atoms with Gasteiger partial charge in [-0.1, -0.05) is 60.3 Å².